The minimum Gasteiger partial charge on any atom is -0.469 e. The van der Waals surface area contributed by atoms with Crippen LogP contribution in [0.3, 0.4) is 0 Å². The molecule has 0 saturated heterocycles. The first-order valence-electron chi connectivity index (χ1n) is 8.70. The fraction of sp³-hybridized carbons (Fsp3) is 0.450. The minimum absolute atomic E-state index is 0.0213. The lowest BCUT2D eigenvalue weighted by atomic mass is 9.78. The van der Waals surface area contributed by atoms with Gasteiger partial charge in [0, 0.05) is 18.0 Å². The summed E-state index contributed by atoms with van der Waals surface area (Å²) in [6.45, 7) is 1.89. The molecule has 5 heteroatoms. The smallest absolute Gasteiger partial charge is 0.230 e. The summed E-state index contributed by atoms with van der Waals surface area (Å²) in [6, 6.07) is 11.2. The Kier molecular flexibility index (Phi) is 5.21. The lowest BCUT2D eigenvalue weighted by molar-refractivity contribution is -0.127. The molecule has 1 aromatic carbocycles. The van der Waals surface area contributed by atoms with Gasteiger partial charge in [0.25, 0.3) is 0 Å². The molecule has 1 aliphatic carbocycles. The number of hydrogen-bond donors (Lipinski definition) is 2. The SMILES string of the molecule is CC(O)(CNC(=O)C1(c2ccc(Cl)cc2)CCCC1)Cc1ccco1. The largest absolute Gasteiger partial charge is 0.469 e. The molecule has 1 fully saturated rings. The lowest BCUT2D eigenvalue weighted by Crippen LogP contribution is -2.49. The highest BCUT2D eigenvalue weighted by Gasteiger charge is 2.43. The van der Waals surface area contributed by atoms with Crippen molar-refractivity contribution in [2.75, 3.05) is 6.54 Å². The van der Waals surface area contributed by atoms with E-state index in [1.165, 1.54) is 0 Å². The first-order valence-corrected chi connectivity index (χ1v) is 9.08. The number of nitrogens with one attached hydrogen (secondary N) is 1. The number of carbonyl (C=O) groups excluding carboxylic acids is 1. The fourth-order valence-electron chi connectivity index (χ4n) is 3.69. The molecular formula is C20H24ClNO3. The Balaban J connectivity index is 1.70. The number of carbonyl (C=O) groups is 1. The molecule has 1 saturated carbocycles. The second-order valence-corrected chi connectivity index (χ2v) is 7.67. The first kappa shape index (κ1) is 18.0. The normalized spacial score (nSPS) is 18.7. The van der Waals surface area contributed by atoms with Crippen molar-refractivity contribution >= 4 is 17.5 Å². The Morgan fingerprint density at radius 1 is 1.28 bits per heavy atom. The van der Waals surface area contributed by atoms with Crippen molar-refractivity contribution in [2.24, 2.45) is 0 Å². The quantitative estimate of drug-likeness (QED) is 0.821. The molecule has 0 bridgehead atoms. The van der Waals surface area contributed by atoms with Gasteiger partial charge in [0.1, 0.15) is 5.76 Å². The Hall–Kier alpha value is -1.78. The van der Waals surface area contributed by atoms with Crippen molar-refractivity contribution in [3.8, 4) is 0 Å². The standard InChI is InChI=1S/C20H24ClNO3/c1-19(24,13-17-5-4-12-25-17)14-22-18(23)20(10-2-3-11-20)15-6-8-16(21)9-7-15/h4-9,12,24H,2-3,10-11,13-14H2,1H3,(H,22,23). The van der Waals surface area contributed by atoms with Crippen LogP contribution in [0.2, 0.25) is 5.02 Å². The maximum atomic E-state index is 13.0. The zero-order valence-corrected chi connectivity index (χ0v) is 15.2. The summed E-state index contributed by atoms with van der Waals surface area (Å²) in [7, 11) is 0. The van der Waals surface area contributed by atoms with Gasteiger partial charge in [-0.25, -0.2) is 0 Å². The molecule has 1 heterocycles. The highest BCUT2D eigenvalue weighted by molar-refractivity contribution is 6.30. The average Bonchev–Trinajstić information content (AvgIpc) is 3.25. The van der Waals surface area contributed by atoms with Crippen molar-refractivity contribution in [3.63, 3.8) is 0 Å². The molecular weight excluding hydrogens is 338 g/mol. The van der Waals surface area contributed by atoms with E-state index in [0.717, 1.165) is 31.2 Å². The number of hydrogen-bond acceptors (Lipinski definition) is 3. The summed E-state index contributed by atoms with van der Waals surface area (Å²) in [5.74, 6) is 0.680. The van der Waals surface area contributed by atoms with E-state index in [0.29, 0.717) is 17.2 Å². The topological polar surface area (TPSA) is 62.5 Å². The van der Waals surface area contributed by atoms with Gasteiger partial charge in [-0.2, -0.15) is 0 Å². The van der Waals surface area contributed by atoms with Crippen molar-refractivity contribution in [2.45, 2.75) is 50.0 Å². The molecule has 1 amide bonds. The maximum Gasteiger partial charge on any atom is 0.230 e. The third kappa shape index (κ3) is 4.07. The molecule has 1 unspecified atom stereocenters. The fourth-order valence-corrected chi connectivity index (χ4v) is 3.81. The minimum atomic E-state index is -1.06. The van der Waals surface area contributed by atoms with E-state index >= 15 is 0 Å². The van der Waals surface area contributed by atoms with Crippen LogP contribution in [0.1, 0.15) is 43.9 Å². The molecule has 0 radical (unpaired) electrons. The molecule has 0 aliphatic heterocycles. The summed E-state index contributed by atoms with van der Waals surface area (Å²) in [5, 5.41) is 14.2. The van der Waals surface area contributed by atoms with Gasteiger partial charge in [-0.15, -0.1) is 0 Å². The zero-order chi connectivity index (χ0) is 17.9. The van der Waals surface area contributed by atoms with Gasteiger partial charge in [-0.1, -0.05) is 36.6 Å². The molecule has 2 N–H and O–H groups in total. The number of furan rings is 1. The van der Waals surface area contributed by atoms with Gasteiger partial charge in [-0.3, -0.25) is 4.79 Å². The molecule has 1 aliphatic rings. The average molecular weight is 362 g/mol. The number of amides is 1. The van der Waals surface area contributed by atoms with E-state index in [4.69, 9.17) is 16.0 Å². The van der Waals surface area contributed by atoms with Crippen LogP contribution in [0.5, 0.6) is 0 Å². The van der Waals surface area contributed by atoms with Crippen molar-refractivity contribution in [1.29, 1.82) is 0 Å². The second kappa shape index (κ2) is 7.22. The van der Waals surface area contributed by atoms with Gasteiger partial charge in [0.2, 0.25) is 5.91 Å². The zero-order valence-electron chi connectivity index (χ0n) is 14.4. The number of benzene rings is 1. The van der Waals surface area contributed by atoms with Crippen LogP contribution < -0.4 is 5.32 Å². The van der Waals surface area contributed by atoms with Gasteiger partial charge >= 0.3 is 0 Å². The van der Waals surface area contributed by atoms with E-state index < -0.39 is 11.0 Å². The summed E-state index contributed by atoms with van der Waals surface area (Å²) in [5.41, 5.74) is -0.587. The number of aliphatic hydroxyl groups is 1. The van der Waals surface area contributed by atoms with Gasteiger partial charge in [-0.05, 0) is 49.6 Å². The monoisotopic (exact) mass is 361 g/mol. The Bertz CT molecular complexity index is 701. The highest BCUT2D eigenvalue weighted by atomic mass is 35.5. The maximum absolute atomic E-state index is 13.0. The van der Waals surface area contributed by atoms with Crippen LogP contribution >= 0.6 is 11.6 Å². The molecule has 25 heavy (non-hydrogen) atoms. The van der Waals surface area contributed by atoms with E-state index in [1.54, 1.807) is 19.3 Å². The Morgan fingerprint density at radius 2 is 1.96 bits per heavy atom. The van der Waals surface area contributed by atoms with Crippen LogP contribution in [-0.2, 0) is 16.6 Å². The highest BCUT2D eigenvalue weighted by Crippen LogP contribution is 2.41. The summed E-state index contributed by atoms with van der Waals surface area (Å²) >= 11 is 5.99. The Labute approximate surface area is 153 Å². The molecule has 1 aromatic heterocycles. The summed E-state index contributed by atoms with van der Waals surface area (Å²) < 4.78 is 5.29. The molecule has 2 aromatic rings. The molecule has 134 valence electrons. The van der Waals surface area contributed by atoms with Gasteiger partial charge in [0.05, 0.1) is 17.3 Å². The van der Waals surface area contributed by atoms with E-state index in [-0.39, 0.29) is 12.5 Å². The van der Waals surface area contributed by atoms with Gasteiger partial charge in [0.15, 0.2) is 0 Å². The number of halogens is 1. The van der Waals surface area contributed by atoms with Crippen LogP contribution in [0.4, 0.5) is 0 Å². The van der Waals surface area contributed by atoms with Crippen LogP contribution in [0.15, 0.2) is 47.1 Å². The van der Waals surface area contributed by atoms with Gasteiger partial charge < -0.3 is 14.8 Å². The van der Waals surface area contributed by atoms with E-state index in [1.807, 2.05) is 30.3 Å². The van der Waals surface area contributed by atoms with E-state index in [2.05, 4.69) is 5.32 Å². The second-order valence-electron chi connectivity index (χ2n) is 7.23. The van der Waals surface area contributed by atoms with Crippen LogP contribution in [-0.4, -0.2) is 23.2 Å². The lowest BCUT2D eigenvalue weighted by Gasteiger charge is -2.31. The molecule has 3 rings (SSSR count). The molecule has 1 atom stereocenters. The van der Waals surface area contributed by atoms with Crippen molar-refractivity contribution in [3.05, 3.63) is 59.0 Å². The third-order valence-corrected chi connectivity index (χ3v) is 5.31. The summed E-state index contributed by atoms with van der Waals surface area (Å²) in [6.07, 6.45) is 5.63. The Morgan fingerprint density at radius 3 is 2.56 bits per heavy atom. The van der Waals surface area contributed by atoms with Crippen molar-refractivity contribution < 1.29 is 14.3 Å². The first-order chi connectivity index (χ1) is 11.9. The van der Waals surface area contributed by atoms with Crippen molar-refractivity contribution in [1.82, 2.24) is 5.32 Å². The molecule has 4 nitrogen and oxygen atoms in total. The molecule has 0 spiro atoms. The third-order valence-electron chi connectivity index (χ3n) is 5.05. The van der Waals surface area contributed by atoms with E-state index in [9.17, 15) is 9.90 Å². The van der Waals surface area contributed by atoms with Crippen LogP contribution in [0.25, 0.3) is 0 Å². The summed E-state index contributed by atoms with van der Waals surface area (Å²) in [4.78, 5) is 13.0. The number of rotatable bonds is 6. The van der Waals surface area contributed by atoms with Crippen LogP contribution in [0, 0.1) is 0 Å². The predicted molar refractivity (Wildman–Crippen MR) is 97.6 cm³/mol. The predicted octanol–water partition coefficient (Wildman–Crippen LogP) is 3.85.